The predicted octanol–water partition coefficient (Wildman–Crippen LogP) is 4.81. The fraction of sp³-hybridized carbons (Fsp3) is 0.533. The summed E-state index contributed by atoms with van der Waals surface area (Å²) in [4.78, 5) is 1.35. The SMILES string of the molecule is Cc1cccc(SCCCCC(C)(C)C#N)c1. The van der Waals surface area contributed by atoms with Gasteiger partial charge in [-0.1, -0.05) is 24.1 Å². The molecular weight excluding hydrogens is 226 g/mol. The van der Waals surface area contributed by atoms with Gasteiger partial charge in [0.05, 0.1) is 11.5 Å². The molecule has 1 aromatic rings. The molecule has 1 aromatic carbocycles. The van der Waals surface area contributed by atoms with Crippen molar-refractivity contribution in [3.05, 3.63) is 29.8 Å². The average Bonchev–Trinajstić information content (AvgIpc) is 2.29. The van der Waals surface area contributed by atoms with Crippen LogP contribution in [0.3, 0.4) is 0 Å². The number of rotatable bonds is 6. The second kappa shape index (κ2) is 6.71. The monoisotopic (exact) mass is 247 g/mol. The number of unbranched alkanes of at least 4 members (excludes halogenated alkanes) is 1. The fourth-order valence-electron chi connectivity index (χ4n) is 1.62. The molecule has 0 fully saturated rings. The van der Waals surface area contributed by atoms with Gasteiger partial charge >= 0.3 is 0 Å². The van der Waals surface area contributed by atoms with Crippen LogP contribution in [0, 0.1) is 23.7 Å². The van der Waals surface area contributed by atoms with Gasteiger partial charge in [0.1, 0.15) is 0 Å². The van der Waals surface area contributed by atoms with E-state index in [4.69, 9.17) is 5.26 Å². The minimum Gasteiger partial charge on any atom is -0.198 e. The molecule has 0 atom stereocenters. The summed E-state index contributed by atoms with van der Waals surface area (Å²) in [6.07, 6.45) is 3.32. The number of nitrogens with zero attached hydrogens (tertiary/aromatic N) is 1. The van der Waals surface area contributed by atoms with E-state index in [1.54, 1.807) is 0 Å². The summed E-state index contributed by atoms with van der Waals surface area (Å²) in [5.74, 6) is 1.14. The van der Waals surface area contributed by atoms with Gasteiger partial charge in [0, 0.05) is 4.90 Å². The Morgan fingerprint density at radius 2 is 2.06 bits per heavy atom. The van der Waals surface area contributed by atoms with Gasteiger partial charge < -0.3 is 0 Å². The standard InChI is InChI=1S/C15H21NS/c1-13-7-6-8-14(11-13)17-10-5-4-9-15(2,3)12-16/h6-8,11H,4-5,9-10H2,1-3H3. The molecule has 92 valence electrons. The molecule has 17 heavy (non-hydrogen) atoms. The zero-order chi connectivity index (χ0) is 12.7. The molecule has 0 saturated carbocycles. The Morgan fingerprint density at radius 1 is 1.29 bits per heavy atom. The third kappa shape index (κ3) is 5.79. The van der Waals surface area contributed by atoms with Crippen molar-refractivity contribution in [3.8, 4) is 6.07 Å². The largest absolute Gasteiger partial charge is 0.198 e. The van der Waals surface area contributed by atoms with Gasteiger partial charge in [-0.15, -0.1) is 11.8 Å². The number of thioether (sulfide) groups is 1. The van der Waals surface area contributed by atoms with Crippen molar-refractivity contribution in [2.45, 2.75) is 44.9 Å². The summed E-state index contributed by atoms with van der Waals surface area (Å²) in [6, 6.07) is 11.0. The maximum atomic E-state index is 8.90. The van der Waals surface area contributed by atoms with Crippen LogP contribution in [0.15, 0.2) is 29.2 Å². The van der Waals surface area contributed by atoms with E-state index in [-0.39, 0.29) is 5.41 Å². The van der Waals surface area contributed by atoms with Crippen LogP contribution < -0.4 is 0 Å². The van der Waals surface area contributed by atoms with E-state index in [0.29, 0.717) is 0 Å². The van der Waals surface area contributed by atoms with E-state index in [9.17, 15) is 0 Å². The first-order valence-electron chi connectivity index (χ1n) is 6.14. The Labute approximate surface area is 109 Å². The first kappa shape index (κ1) is 14.1. The Bertz CT molecular complexity index is 390. The zero-order valence-electron chi connectivity index (χ0n) is 11.0. The fourth-order valence-corrected chi connectivity index (χ4v) is 2.65. The Hall–Kier alpha value is -0.940. The highest BCUT2D eigenvalue weighted by Crippen LogP contribution is 2.24. The minimum absolute atomic E-state index is 0.159. The summed E-state index contributed by atoms with van der Waals surface area (Å²) in [5.41, 5.74) is 1.16. The molecule has 0 aromatic heterocycles. The van der Waals surface area contributed by atoms with Gasteiger partial charge in [0.25, 0.3) is 0 Å². The summed E-state index contributed by atoms with van der Waals surface area (Å²) < 4.78 is 0. The quantitative estimate of drug-likeness (QED) is 0.532. The number of aryl methyl sites for hydroxylation is 1. The number of benzene rings is 1. The minimum atomic E-state index is -0.159. The van der Waals surface area contributed by atoms with Crippen molar-refractivity contribution < 1.29 is 0 Å². The molecule has 0 spiro atoms. The van der Waals surface area contributed by atoms with E-state index >= 15 is 0 Å². The second-order valence-corrected chi connectivity index (χ2v) is 6.29. The normalized spacial score (nSPS) is 11.2. The summed E-state index contributed by atoms with van der Waals surface area (Å²) in [6.45, 7) is 6.15. The summed E-state index contributed by atoms with van der Waals surface area (Å²) in [5, 5.41) is 8.90. The molecule has 1 rings (SSSR count). The molecule has 0 bridgehead atoms. The van der Waals surface area contributed by atoms with E-state index in [2.05, 4.69) is 37.3 Å². The molecule has 0 saturated heterocycles. The summed E-state index contributed by atoms with van der Waals surface area (Å²) in [7, 11) is 0. The van der Waals surface area contributed by atoms with Crippen molar-refractivity contribution in [1.82, 2.24) is 0 Å². The van der Waals surface area contributed by atoms with Gasteiger partial charge in [0.2, 0.25) is 0 Å². The van der Waals surface area contributed by atoms with Gasteiger partial charge in [0.15, 0.2) is 0 Å². The lowest BCUT2D eigenvalue weighted by Crippen LogP contribution is -2.07. The molecule has 0 unspecified atom stereocenters. The smallest absolute Gasteiger partial charge is 0.0683 e. The van der Waals surface area contributed by atoms with Crippen LogP contribution in [0.2, 0.25) is 0 Å². The highest BCUT2D eigenvalue weighted by molar-refractivity contribution is 7.99. The van der Waals surface area contributed by atoms with Crippen LogP contribution in [-0.2, 0) is 0 Å². The number of hydrogen-bond donors (Lipinski definition) is 0. The zero-order valence-corrected chi connectivity index (χ0v) is 11.8. The highest BCUT2D eigenvalue weighted by atomic mass is 32.2. The van der Waals surface area contributed by atoms with Crippen molar-refractivity contribution in [1.29, 1.82) is 5.26 Å². The van der Waals surface area contributed by atoms with Crippen molar-refractivity contribution in [2.75, 3.05) is 5.75 Å². The third-order valence-electron chi connectivity index (χ3n) is 2.76. The lowest BCUT2D eigenvalue weighted by atomic mass is 9.89. The lowest BCUT2D eigenvalue weighted by molar-refractivity contribution is 0.433. The molecule has 0 radical (unpaired) electrons. The molecule has 0 aliphatic carbocycles. The van der Waals surface area contributed by atoms with Gasteiger partial charge in [-0.2, -0.15) is 5.26 Å². The van der Waals surface area contributed by atoms with Crippen molar-refractivity contribution in [2.24, 2.45) is 5.41 Å². The van der Waals surface area contributed by atoms with Crippen LogP contribution in [0.25, 0.3) is 0 Å². The highest BCUT2D eigenvalue weighted by Gasteiger charge is 2.15. The lowest BCUT2D eigenvalue weighted by Gasteiger charge is -2.14. The van der Waals surface area contributed by atoms with Crippen LogP contribution >= 0.6 is 11.8 Å². The van der Waals surface area contributed by atoms with Crippen LogP contribution in [0.1, 0.15) is 38.7 Å². The second-order valence-electron chi connectivity index (χ2n) is 5.12. The molecular formula is C15H21NS. The Morgan fingerprint density at radius 3 is 2.71 bits per heavy atom. The molecule has 2 heteroatoms. The molecule has 0 amide bonds. The van der Waals surface area contributed by atoms with E-state index in [1.807, 2.05) is 25.6 Å². The Kier molecular flexibility index (Phi) is 5.58. The number of hydrogen-bond acceptors (Lipinski definition) is 2. The van der Waals surface area contributed by atoms with E-state index in [1.165, 1.54) is 16.9 Å². The number of nitriles is 1. The first-order chi connectivity index (χ1) is 8.03. The molecule has 1 nitrogen and oxygen atoms in total. The molecule has 0 aliphatic heterocycles. The maximum Gasteiger partial charge on any atom is 0.0683 e. The van der Waals surface area contributed by atoms with E-state index < -0.39 is 0 Å². The van der Waals surface area contributed by atoms with E-state index in [0.717, 1.165) is 18.6 Å². The maximum absolute atomic E-state index is 8.90. The van der Waals surface area contributed by atoms with Crippen LogP contribution in [-0.4, -0.2) is 5.75 Å². The van der Waals surface area contributed by atoms with Crippen molar-refractivity contribution >= 4 is 11.8 Å². The first-order valence-corrected chi connectivity index (χ1v) is 7.13. The molecule has 0 heterocycles. The molecule has 0 N–H and O–H groups in total. The van der Waals surface area contributed by atoms with Crippen molar-refractivity contribution in [3.63, 3.8) is 0 Å². The van der Waals surface area contributed by atoms with Crippen LogP contribution in [0.5, 0.6) is 0 Å². The topological polar surface area (TPSA) is 23.8 Å². The predicted molar refractivity (Wildman–Crippen MR) is 75.1 cm³/mol. The van der Waals surface area contributed by atoms with Crippen LogP contribution in [0.4, 0.5) is 0 Å². The summed E-state index contributed by atoms with van der Waals surface area (Å²) >= 11 is 1.91. The average molecular weight is 247 g/mol. The molecule has 0 aliphatic rings. The van der Waals surface area contributed by atoms with Gasteiger partial charge in [-0.3, -0.25) is 0 Å². The van der Waals surface area contributed by atoms with Gasteiger partial charge in [-0.05, 0) is 51.5 Å². The third-order valence-corrected chi connectivity index (χ3v) is 3.84. The Balaban J connectivity index is 2.19. The van der Waals surface area contributed by atoms with Gasteiger partial charge in [-0.25, -0.2) is 0 Å².